The van der Waals surface area contributed by atoms with Gasteiger partial charge >= 0.3 is 0 Å². The Kier molecular flexibility index (Phi) is 3.74. The van der Waals surface area contributed by atoms with Gasteiger partial charge in [-0.3, -0.25) is 4.79 Å². The second-order valence-electron chi connectivity index (χ2n) is 4.32. The highest BCUT2D eigenvalue weighted by Crippen LogP contribution is 2.37. The van der Waals surface area contributed by atoms with Crippen LogP contribution in [0.15, 0.2) is 42.5 Å². The number of hydrogen-bond donors (Lipinski definition) is 0. The zero-order valence-corrected chi connectivity index (χ0v) is 11.2. The van der Waals surface area contributed by atoms with Crippen molar-refractivity contribution >= 4 is 6.29 Å². The fraction of sp³-hybridized carbons (Fsp3) is 0.118. The molecule has 2 aromatic carbocycles. The molecular weight excluding hydrogens is 268 g/mol. The minimum atomic E-state index is 0.158. The monoisotopic (exact) mass is 280 g/mol. The lowest BCUT2D eigenvalue weighted by Crippen LogP contribution is -1.98. The van der Waals surface area contributed by atoms with Gasteiger partial charge in [-0.25, -0.2) is 0 Å². The zero-order valence-electron chi connectivity index (χ0n) is 11.2. The van der Waals surface area contributed by atoms with Gasteiger partial charge < -0.3 is 14.2 Å². The number of rotatable bonds is 3. The summed E-state index contributed by atoms with van der Waals surface area (Å²) in [6.45, 7) is 0.347. The molecular formula is C17H12O4. The van der Waals surface area contributed by atoms with E-state index in [9.17, 15) is 4.79 Å². The van der Waals surface area contributed by atoms with Crippen molar-refractivity contribution in [3.63, 3.8) is 0 Å². The van der Waals surface area contributed by atoms with Crippen molar-refractivity contribution in [1.29, 1.82) is 0 Å². The van der Waals surface area contributed by atoms with Gasteiger partial charge in [0.05, 0.1) is 5.56 Å². The van der Waals surface area contributed by atoms with E-state index < -0.39 is 0 Å². The van der Waals surface area contributed by atoms with Crippen molar-refractivity contribution in [3.8, 4) is 29.1 Å². The number of carbonyl (C=O) groups excluding carboxylic acids is 1. The van der Waals surface area contributed by atoms with Gasteiger partial charge in [-0.05, 0) is 18.2 Å². The van der Waals surface area contributed by atoms with E-state index in [1.807, 2.05) is 30.3 Å². The van der Waals surface area contributed by atoms with Gasteiger partial charge in [0.15, 0.2) is 17.8 Å². The summed E-state index contributed by atoms with van der Waals surface area (Å²) in [5.74, 6) is 7.47. The first-order valence-electron chi connectivity index (χ1n) is 6.42. The van der Waals surface area contributed by atoms with E-state index in [4.69, 9.17) is 14.2 Å². The zero-order chi connectivity index (χ0) is 14.5. The fourth-order valence-electron chi connectivity index (χ4n) is 1.93. The molecule has 0 aliphatic carbocycles. The molecule has 0 N–H and O–H groups in total. The van der Waals surface area contributed by atoms with Crippen LogP contribution in [0.4, 0.5) is 0 Å². The third-order valence-corrected chi connectivity index (χ3v) is 2.94. The van der Waals surface area contributed by atoms with Crippen LogP contribution in [0, 0.1) is 11.8 Å². The average molecular weight is 280 g/mol. The number of carbonyl (C=O) groups is 1. The minimum absolute atomic E-state index is 0.158. The van der Waals surface area contributed by atoms with Gasteiger partial charge in [-0.15, -0.1) is 0 Å². The summed E-state index contributed by atoms with van der Waals surface area (Å²) in [5.41, 5.74) is 1.34. The third-order valence-electron chi connectivity index (χ3n) is 2.94. The van der Waals surface area contributed by atoms with Gasteiger partial charge in [-0.1, -0.05) is 30.0 Å². The topological polar surface area (TPSA) is 44.8 Å². The van der Waals surface area contributed by atoms with Crippen LogP contribution in [-0.4, -0.2) is 19.7 Å². The predicted octanol–water partition coefficient (Wildman–Crippen LogP) is 2.66. The summed E-state index contributed by atoms with van der Waals surface area (Å²) in [5, 5.41) is 0. The summed E-state index contributed by atoms with van der Waals surface area (Å²) in [6.07, 6.45) is 0.724. The number of aldehydes is 1. The number of fused-ring (bicyclic) bond motifs is 1. The molecule has 0 bridgehead atoms. The standard InChI is InChI=1S/C17H12O4/c18-11-14-9-16-17(21-12-20-16)10-15(14)19-8-4-7-13-5-2-1-3-6-13/h1-3,5-6,9-11H,8,12H2. The quantitative estimate of drug-likeness (QED) is 0.640. The highest BCUT2D eigenvalue weighted by Gasteiger charge is 2.17. The SMILES string of the molecule is O=Cc1cc2c(cc1OCC#Cc1ccccc1)OCO2. The van der Waals surface area contributed by atoms with Crippen molar-refractivity contribution in [2.24, 2.45) is 0 Å². The van der Waals surface area contributed by atoms with E-state index in [0.29, 0.717) is 22.8 Å². The minimum Gasteiger partial charge on any atom is -0.480 e. The van der Waals surface area contributed by atoms with Gasteiger partial charge in [0, 0.05) is 11.6 Å². The Balaban J connectivity index is 1.71. The van der Waals surface area contributed by atoms with Crippen LogP contribution in [0.25, 0.3) is 0 Å². The van der Waals surface area contributed by atoms with Gasteiger partial charge in [0.25, 0.3) is 0 Å². The molecule has 1 aliphatic heterocycles. The van der Waals surface area contributed by atoms with Gasteiger partial charge in [-0.2, -0.15) is 0 Å². The van der Waals surface area contributed by atoms with Crippen LogP contribution < -0.4 is 14.2 Å². The third kappa shape index (κ3) is 2.98. The van der Waals surface area contributed by atoms with Crippen LogP contribution in [-0.2, 0) is 0 Å². The molecule has 0 atom stereocenters. The van der Waals surface area contributed by atoms with Gasteiger partial charge in [0.2, 0.25) is 6.79 Å². The van der Waals surface area contributed by atoms with E-state index in [2.05, 4.69) is 11.8 Å². The Labute approximate surface area is 122 Å². The molecule has 0 saturated heterocycles. The highest BCUT2D eigenvalue weighted by molar-refractivity contribution is 5.81. The maximum atomic E-state index is 11.1. The molecule has 3 rings (SSSR count). The van der Waals surface area contributed by atoms with Gasteiger partial charge in [0.1, 0.15) is 12.4 Å². The molecule has 1 aliphatic rings. The lowest BCUT2D eigenvalue weighted by atomic mass is 10.2. The van der Waals surface area contributed by atoms with Crippen LogP contribution in [0.3, 0.4) is 0 Å². The van der Waals surface area contributed by atoms with Crippen LogP contribution in [0.1, 0.15) is 15.9 Å². The smallest absolute Gasteiger partial charge is 0.231 e. The molecule has 0 aromatic heterocycles. The van der Waals surface area contributed by atoms with Crippen molar-refractivity contribution in [2.45, 2.75) is 0 Å². The maximum absolute atomic E-state index is 11.1. The van der Waals surface area contributed by atoms with Crippen molar-refractivity contribution in [3.05, 3.63) is 53.6 Å². The van der Waals surface area contributed by atoms with Crippen LogP contribution in [0.5, 0.6) is 17.2 Å². The second kappa shape index (κ2) is 6.02. The van der Waals surface area contributed by atoms with Crippen LogP contribution in [0.2, 0.25) is 0 Å². The number of hydrogen-bond acceptors (Lipinski definition) is 4. The normalized spacial score (nSPS) is 11.4. The Morgan fingerprint density at radius 2 is 1.90 bits per heavy atom. The Bertz CT molecular complexity index is 711. The lowest BCUT2D eigenvalue weighted by Gasteiger charge is -2.06. The Morgan fingerprint density at radius 3 is 2.67 bits per heavy atom. The van der Waals surface area contributed by atoms with Crippen molar-refractivity contribution in [1.82, 2.24) is 0 Å². The molecule has 4 heteroatoms. The fourth-order valence-corrected chi connectivity index (χ4v) is 1.93. The number of ether oxygens (including phenoxy) is 3. The summed E-state index contributed by atoms with van der Waals surface area (Å²) >= 11 is 0. The molecule has 2 aromatic rings. The Morgan fingerprint density at radius 1 is 1.14 bits per heavy atom. The molecule has 4 nitrogen and oxygen atoms in total. The summed E-state index contributed by atoms with van der Waals surface area (Å²) in [4.78, 5) is 11.1. The van der Waals surface area contributed by atoms with Crippen molar-refractivity contribution < 1.29 is 19.0 Å². The first kappa shape index (κ1) is 13.1. The van der Waals surface area contributed by atoms with E-state index >= 15 is 0 Å². The highest BCUT2D eigenvalue weighted by atomic mass is 16.7. The molecule has 0 radical (unpaired) electrons. The predicted molar refractivity (Wildman–Crippen MR) is 76.8 cm³/mol. The molecule has 0 unspecified atom stereocenters. The number of benzene rings is 2. The molecule has 0 spiro atoms. The Hall–Kier alpha value is -2.93. The summed E-state index contributed by atoms with van der Waals surface area (Å²) in [7, 11) is 0. The second-order valence-corrected chi connectivity index (χ2v) is 4.32. The molecule has 21 heavy (non-hydrogen) atoms. The van der Waals surface area contributed by atoms with E-state index in [1.165, 1.54) is 0 Å². The summed E-state index contributed by atoms with van der Waals surface area (Å²) in [6, 6.07) is 12.9. The van der Waals surface area contributed by atoms with E-state index in [0.717, 1.165) is 11.8 Å². The first-order chi connectivity index (χ1) is 10.4. The lowest BCUT2D eigenvalue weighted by molar-refractivity contribution is 0.111. The van der Waals surface area contributed by atoms with E-state index in [-0.39, 0.29) is 13.4 Å². The average Bonchev–Trinajstić information content (AvgIpc) is 2.99. The molecule has 0 saturated carbocycles. The molecule has 1 heterocycles. The molecule has 0 amide bonds. The van der Waals surface area contributed by atoms with E-state index in [1.54, 1.807) is 12.1 Å². The van der Waals surface area contributed by atoms with Crippen molar-refractivity contribution in [2.75, 3.05) is 13.4 Å². The maximum Gasteiger partial charge on any atom is 0.231 e. The van der Waals surface area contributed by atoms with Crippen LogP contribution >= 0.6 is 0 Å². The molecule has 0 fully saturated rings. The summed E-state index contributed by atoms with van der Waals surface area (Å²) < 4.78 is 16.0. The molecule has 104 valence electrons. The first-order valence-corrected chi connectivity index (χ1v) is 6.42. The largest absolute Gasteiger partial charge is 0.480 e.